The SMILES string of the molecule is Cn1nccc1CCC(=O)CCOCC(F)F. The third-order valence-corrected chi connectivity index (χ3v) is 2.35. The minimum Gasteiger partial charge on any atom is -0.375 e. The van der Waals surface area contributed by atoms with Crippen molar-refractivity contribution in [1.82, 2.24) is 9.78 Å². The zero-order valence-electron chi connectivity index (χ0n) is 9.73. The zero-order chi connectivity index (χ0) is 12.7. The summed E-state index contributed by atoms with van der Waals surface area (Å²) in [4.78, 5) is 11.4. The van der Waals surface area contributed by atoms with Crippen molar-refractivity contribution in [2.24, 2.45) is 7.05 Å². The van der Waals surface area contributed by atoms with Crippen LogP contribution in [0.4, 0.5) is 8.78 Å². The van der Waals surface area contributed by atoms with Gasteiger partial charge in [0.25, 0.3) is 6.43 Å². The Morgan fingerprint density at radius 1 is 1.53 bits per heavy atom. The Hall–Kier alpha value is -1.30. The zero-order valence-corrected chi connectivity index (χ0v) is 9.73. The number of ether oxygens (including phenoxy) is 1. The third-order valence-electron chi connectivity index (χ3n) is 2.35. The standard InChI is InChI=1S/C11H16F2N2O2/c1-15-9(4-6-14-15)2-3-10(16)5-7-17-8-11(12)13/h4,6,11H,2-3,5,7-8H2,1H3. The first-order chi connectivity index (χ1) is 8.09. The highest BCUT2D eigenvalue weighted by molar-refractivity contribution is 5.78. The van der Waals surface area contributed by atoms with Gasteiger partial charge in [0.1, 0.15) is 12.4 Å². The van der Waals surface area contributed by atoms with Gasteiger partial charge in [-0.2, -0.15) is 5.10 Å². The second kappa shape index (κ2) is 7.11. The Morgan fingerprint density at radius 3 is 2.88 bits per heavy atom. The number of ketones is 1. The monoisotopic (exact) mass is 246 g/mol. The average molecular weight is 246 g/mol. The molecule has 6 heteroatoms. The number of aromatic nitrogens is 2. The maximum atomic E-state index is 11.7. The lowest BCUT2D eigenvalue weighted by atomic mass is 10.1. The summed E-state index contributed by atoms with van der Waals surface area (Å²) in [5, 5.41) is 3.99. The maximum absolute atomic E-state index is 11.7. The molecule has 0 radical (unpaired) electrons. The van der Waals surface area contributed by atoms with Gasteiger partial charge in [0.2, 0.25) is 0 Å². The molecule has 0 bridgehead atoms. The van der Waals surface area contributed by atoms with E-state index in [0.717, 1.165) is 5.69 Å². The number of alkyl halides is 2. The minimum atomic E-state index is -2.47. The Balaban J connectivity index is 2.11. The van der Waals surface area contributed by atoms with Crippen molar-refractivity contribution in [2.45, 2.75) is 25.7 Å². The summed E-state index contributed by atoms with van der Waals surface area (Å²) in [6.45, 7) is -0.538. The Kier molecular flexibility index (Phi) is 5.76. The van der Waals surface area contributed by atoms with Gasteiger partial charge < -0.3 is 4.74 Å². The Bertz CT molecular complexity index is 353. The normalized spacial score (nSPS) is 11.1. The van der Waals surface area contributed by atoms with Crippen LogP contribution in [0.2, 0.25) is 0 Å². The van der Waals surface area contributed by atoms with E-state index in [1.807, 2.05) is 13.1 Å². The van der Waals surface area contributed by atoms with Crippen molar-refractivity contribution in [1.29, 1.82) is 0 Å². The molecular formula is C11H16F2N2O2. The molecule has 0 spiro atoms. The molecule has 0 fully saturated rings. The largest absolute Gasteiger partial charge is 0.375 e. The van der Waals surface area contributed by atoms with E-state index < -0.39 is 13.0 Å². The molecule has 17 heavy (non-hydrogen) atoms. The van der Waals surface area contributed by atoms with Gasteiger partial charge >= 0.3 is 0 Å². The fourth-order valence-electron chi connectivity index (χ4n) is 1.40. The van der Waals surface area contributed by atoms with E-state index in [-0.39, 0.29) is 18.8 Å². The van der Waals surface area contributed by atoms with Crippen molar-refractivity contribution < 1.29 is 18.3 Å². The van der Waals surface area contributed by atoms with Crippen LogP contribution in [0.1, 0.15) is 18.5 Å². The number of nitrogens with zero attached hydrogens (tertiary/aromatic N) is 2. The van der Waals surface area contributed by atoms with Crippen LogP contribution in [-0.4, -0.2) is 35.2 Å². The Morgan fingerprint density at radius 2 is 2.29 bits per heavy atom. The van der Waals surface area contributed by atoms with Crippen molar-refractivity contribution in [3.05, 3.63) is 18.0 Å². The first-order valence-electron chi connectivity index (χ1n) is 5.44. The summed E-state index contributed by atoms with van der Waals surface area (Å²) in [6, 6.07) is 1.85. The van der Waals surface area contributed by atoms with Crippen molar-refractivity contribution in [2.75, 3.05) is 13.2 Å². The molecule has 0 saturated carbocycles. The van der Waals surface area contributed by atoms with Crippen LogP contribution < -0.4 is 0 Å². The summed E-state index contributed by atoms with van der Waals surface area (Å²) in [5.74, 6) is 0.0143. The smallest absolute Gasteiger partial charge is 0.261 e. The van der Waals surface area contributed by atoms with E-state index >= 15 is 0 Å². The summed E-state index contributed by atoms with van der Waals surface area (Å²) in [6.07, 6.45) is 0.386. The second-order valence-electron chi connectivity index (χ2n) is 3.70. The lowest BCUT2D eigenvalue weighted by Crippen LogP contribution is -2.10. The minimum absolute atomic E-state index is 0.0143. The highest BCUT2D eigenvalue weighted by atomic mass is 19.3. The molecule has 1 heterocycles. The number of hydrogen-bond donors (Lipinski definition) is 0. The van der Waals surface area contributed by atoms with E-state index in [2.05, 4.69) is 9.84 Å². The van der Waals surface area contributed by atoms with Gasteiger partial charge in [0.15, 0.2) is 0 Å². The number of halogens is 2. The first-order valence-corrected chi connectivity index (χ1v) is 5.44. The van der Waals surface area contributed by atoms with Gasteiger partial charge in [0, 0.05) is 31.8 Å². The van der Waals surface area contributed by atoms with Crippen LogP contribution in [0, 0.1) is 0 Å². The number of aryl methyl sites for hydroxylation is 2. The van der Waals surface area contributed by atoms with Crippen molar-refractivity contribution >= 4 is 5.78 Å². The molecule has 0 saturated heterocycles. The molecule has 0 unspecified atom stereocenters. The molecule has 4 nitrogen and oxygen atoms in total. The highest BCUT2D eigenvalue weighted by Crippen LogP contribution is 2.03. The molecular weight excluding hydrogens is 230 g/mol. The van der Waals surface area contributed by atoms with E-state index in [4.69, 9.17) is 0 Å². The fourth-order valence-corrected chi connectivity index (χ4v) is 1.40. The van der Waals surface area contributed by atoms with E-state index in [0.29, 0.717) is 12.8 Å². The van der Waals surface area contributed by atoms with Crippen molar-refractivity contribution in [3.63, 3.8) is 0 Å². The maximum Gasteiger partial charge on any atom is 0.261 e. The van der Waals surface area contributed by atoms with Gasteiger partial charge in [-0.1, -0.05) is 0 Å². The van der Waals surface area contributed by atoms with Gasteiger partial charge in [0.05, 0.1) is 6.61 Å². The molecule has 96 valence electrons. The quantitative estimate of drug-likeness (QED) is 0.654. The number of hydrogen-bond acceptors (Lipinski definition) is 3. The lowest BCUT2D eigenvalue weighted by molar-refractivity contribution is -0.120. The topological polar surface area (TPSA) is 44.1 Å². The first kappa shape index (κ1) is 13.8. The molecule has 0 atom stereocenters. The number of rotatable bonds is 8. The van der Waals surface area contributed by atoms with Crippen LogP contribution in [0.5, 0.6) is 0 Å². The summed E-state index contributed by atoms with van der Waals surface area (Å²) in [7, 11) is 1.81. The lowest BCUT2D eigenvalue weighted by Gasteiger charge is -2.03. The predicted octanol–water partition coefficient (Wildman–Crippen LogP) is 1.59. The highest BCUT2D eigenvalue weighted by Gasteiger charge is 2.06. The molecule has 0 N–H and O–H groups in total. The number of carbonyl (C=O) groups is 1. The van der Waals surface area contributed by atoms with E-state index in [1.54, 1.807) is 10.9 Å². The van der Waals surface area contributed by atoms with Crippen LogP contribution in [0.25, 0.3) is 0 Å². The molecule has 0 aliphatic carbocycles. The van der Waals surface area contributed by atoms with Crippen LogP contribution >= 0.6 is 0 Å². The molecule has 0 aromatic carbocycles. The van der Waals surface area contributed by atoms with E-state index in [1.165, 1.54) is 0 Å². The van der Waals surface area contributed by atoms with Gasteiger partial charge in [-0.05, 0) is 12.5 Å². The van der Waals surface area contributed by atoms with Gasteiger partial charge in [-0.15, -0.1) is 0 Å². The van der Waals surface area contributed by atoms with Crippen molar-refractivity contribution in [3.8, 4) is 0 Å². The summed E-state index contributed by atoms with van der Waals surface area (Å²) in [5.41, 5.74) is 0.979. The molecule has 1 aromatic rings. The van der Waals surface area contributed by atoms with Crippen LogP contribution in [0.15, 0.2) is 12.3 Å². The summed E-state index contributed by atoms with van der Waals surface area (Å²) >= 11 is 0. The molecule has 0 amide bonds. The van der Waals surface area contributed by atoms with Crippen LogP contribution in [-0.2, 0) is 23.0 Å². The van der Waals surface area contributed by atoms with Gasteiger partial charge in [-0.3, -0.25) is 9.48 Å². The van der Waals surface area contributed by atoms with Crippen LogP contribution in [0.3, 0.4) is 0 Å². The third kappa shape index (κ3) is 5.53. The fraction of sp³-hybridized carbons (Fsp3) is 0.636. The molecule has 1 aromatic heterocycles. The predicted molar refractivity (Wildman–Crippen MR) is 58.0 cm³/mol. The average Bonchev–Trinajstić information content (AvgIpc) is 2.67. The molecule has 0 aliphatic rings. The number of carbonyl (C=O) groups excluding carboxylic acids is 1. The molecule has 0 aliphatic heterocycles. The molecule has 1 rings (SSSR count). The van der Waals surface area contributed by atoms with Gasteiger partial charge in [-0.25, -0.2) is 8.78 Å². The van der Waals surface area contributed by atoms with E-state index in [9.17, 15) is 13.6 Å². The number of Topliss-reactive ketones (excluding diaryl/α,β-unsaturated/α-hetero) is 1. The second-order valence-corrected chi connectivity index (χ2v) is 3.70. The Labute approximate surface area is 98.6 Å². The summed E-state index contributed by atoms with van der Waals surface area (Å²) < 4.78 is 29.8.